The molecule has 3 rings (SSSR count). The fraction of sp³-hybridized carbons (Fsp3) is 0.409. The molecule has 1 unspecified atom stereocenters. The van der Waals surface area contributed by atoms with Gasteiger partial charge in [-0.2, -0.15) is 0 Å². The van der Waals surface area contributed by atoms with Gasteiger partial charge in [-0.3, -0.25) is 14.6 Å². The maximum absolute atomic E-state index is 12.8. The number of aryl methyl sites for hydroxylation is 1. The highest BCUT2D eigenvalue weighted by Gasteiger charge is 2.27. The van der Waals surface area contributed by atoms with Crippen LogP contribution >= 0.6 is 0 Å². The smallest absolute Gasteiger partial charge is 0.222 e. The van der Waals surface area contributed by atoms with E-state index in [0.717, 1.165) is 18.5 Å². The van der Waals surface area contributed by atoms with Gasteiger partial charge in [0.15, 0.2) is 0 Å². The number of hydrogen-bond donors (Lipinski definition) is 0. The average molecular weight is 365 g/mol. The zero-order chi connectivity index (χ0) is 19.1. The van der Waals surface area contributed by atoms with Crippen LogP contribution in [0, 0.1) is 5.92 Å². The number of benzene rings is 1. The zero-order valence-corrected chi connectivity index (χ0v) is 15.9. The van der Waals surface area contributed by atoms with Crippen molar-refractivity contribution >= 4 is 11.8 Å². The third-order valence-electron chi connectivity index (χ3n) is 5.09. The van der Waals surface area contributed by atoms with E-state index in [9.17, 15) is 9.59 Å². The van der Waals surface area contributed by atoms with Crippen molar-refractivity contribution < 1.29 is 9.59 Å². The third kappa shape index (κ3) is 5.64. The summed E-state index contributed by atoms with van der Waals surface area (Å²) < 4.78 is 0. The first kappa shape index (κ1) is 19.1. The quantitative estimate of drug-likeness (QED) is 0.818. The second-order valence-corrected chi connectivity index (χ2v) is 7.18. The van der Waals surface area contributed by atoms with E-state index >= 15 is 0 Å². The number of rotatable bonds is 5. The maximum Gasteiger partial charge on any atom is 0.222 e. The Morgan fingerprint density at radius 2 is 1.70 bits per heavy atom. The van der Waals surface area contributed by atoms with Crippen LogP contribution in [-0.4, -0.2) is 52.8 Å². The maximum atomic E-state index is 12.8. The summed E-state index contributed by atoms with van der Waals surface area (Å²) in [7, 11) is 0. The predicted octanol–water partition coefficient (Wildman–Crippen LogP) is 2.56. The summed E-state index contributed by atoms with van der Waals surface area (Å²) >= 11 is 0. The number of amides is 2. The van der Waals surface area contributed by atoms with Gasteiger partial charge >= 0.3 is 0 Å². The van der Waals surface area contributed by atoms with E-state index in [1.165, 1.54) is 5.56 Å². The van der Waals surface area contributed by atoms with Crippen molar-refractivity contribution in [2.45, 2.75) is 26.2 Å². The Kier molecular flexibility index (Phi) is 6.58. The lowest BCUT2D eigenvalue weighted by Gasteiger charge is -2.24. The van der Waals surface area contributed by atoms with E-state index in [2.05, 4.69) is 17.1 Å². The monoisotopic (exact) mass is 365 g/mol. The summed E-state index contributed by atoms with van der Waals surface area (Å²) in [6.07, 6.45) is 3.81. The molecule has 5 heteroatoms. The number of hydrogen-bond acceptors (Lipinski definition) is 3. The molecule has 1 aliphatic rings. The number of nitrogens with zero attached hydrogens (tertiary/aromatic N) is 3. The lowest BCUT2D eigenvalue weighted by Crippen LogP contribution is -2.36. The molecule has 0 N–H and O–H groups in total. The van der Waals surface area contributed by atoms with Gasteiger partial charge in [0.05, 0.1) is 0 Å². The number of pyridine rings is 1. The van der Waals surface area contributed by atoms with Gasteiger partial charge in [-0.05, 0) is 36.5 Å². The van der Waals surface area contributed by atoms with Crippen LogP contribution < -0.4 is 0 Å². The predicted molar refractivity (Wildman–Crippen MR) is 105 cm³/mol. The van der Waals surface area contributed by atoms with E-state index in [1.807, 2.05) is 46.2 Å². The molecule has 0 saturated carbocycles. The van der Waals surface area contributed by atoms with Gasteiger partial charge in [0.25, 0.3) is 0 Å². The van der Waals surface area contributed by atoms with Crippen LogP contribution in [0.5, 0.6) is 0 Å². The molecule has 2 aromatic rings. The molecule has 0 aliphatic carbocycles. The molecule has 142 valence electrons. The lowest BCUT2D eigenvalue weighted by atomic mass is 10.0. The average Bonchev–Trinajstić information content (AvgIpc) is 2.91. The molecule has 0 bridgehead atoms. The summed E-state index contributed by atoms with van der Waals surface area (Å²) in [5, 5.41) is 0. The van der Waals surface area contributed by atoms with Crippen molar-refractivity contribution in [1.82, 2.24) is 14.8 Å². The molecule has 1 aliphatic heterocycles. The van der Waals surface area contributed by atoms with Crippen LogP contribution in [0.25, 0.3) is 0 Å². The Morgan fingerprint density at radius 1 is 1.00 bits per heavy atom. The molecule has 1 saturated heterocycles. The molecular weight excluding hydrogens is 338 g/mol. The van der Waals surface area contributed by atoms with E-state index in [-0.39, 0.29) is 17.7 Å². The first-order valence-electron chi connectivity index (χ1n) is 9.59. The molecule has 2 amide bonds. The lowest BCUT2D eigenvalue weighted by molar-refractivity contribution is -0.132. The highest BCUT2D eigenvalue weighted by atomic mass is 16.2. The SMILES string of the molecule is CC(=O)N1CCN(C(=O)CCc2ccccc2)CC(Cc2ccccn2)C1. The van der Waals surface area contributed by atoms with E-state index < -0.39 is 0 Å². The van der Waals surface area contributed by atoms with Crippen molar-refractivity contribution in [1.29, 1.82) is 0 Å². The first-order chi connectivity index (χ1) is 13.1. The standard InChI is InChI=1S/C22H27N3O2/c1-18(26)24-13-14-25(22(27)11-10-19-7-3-2-4-8-19)17-20(16-24)15-21-9-5-6-12-23-21/h2-9,12,20H,10-11,13-17H2,1H3. The number of aromatic nitrogens is 1. The fourth-order valence-corrected chi connectivity index (χ4v) is 3.62. The van der Waals surface area contributed by atoms with Crippen LogP contribution in [0.15, 0.2) is 54.7 Å². The van der Waals surface area contributed by atoms with Crippen molar-refractivity contribution in [3.05, 3.63) is 66.0 Å². The molecule has 0 spiro atoms. The van der Waals surface area contributed by atoms with Gasteiger partial charge in [0.1, 0.15) is 0 Å². The Labute approximate surface area is 161 Å². The topological polar surface area (TPSA) is 53.5 Å². The minimum Gasteiger partial charge on any atom is -0.341 e. The summed E-state index contributed by atoms with van der Waals surface area (Å²) in [6.45, 7) is 4.16. The van der Waals surface area contributed by atoms with Crippen LogP contribution in [0.1, 0.15) is 24.6 Å². The van der Waals surface area contributed by atoms with E-state index in [4.69, 9.17) is 0 Å². The Hall–Kier alpha value is -2.69. The molecular formula is C22H27N3O2. The molecule has 0 radical (unpaired) electrons. The largest absolute Gasteiger partial charge is 0.341 e. The van der Waals surface area contributed by atoms with Gasteiger partial charge < -0.3 is 9.80 Å². The van der Waals surface area contributed by atoms with Crippen molar-refractivity contribution in [2.75, 3.05) is 26.2 Å². The van der Waals surface area contributed by atoms with Crippen LogP contribution in [0.2, 0.25) is 0 Å². The normalized spacial score (nSPS) is 17.4. The molecule has 1 fully saturated rings. The van der Waals surface area contributed by atoms with Gasteiger partial charge in [-0.25, -0.2) is 0 Å². The number of carbonyl (C=O) groups excluding carboxylic acids is 2. The summed E-state index contributed by atoms with van der Waals surface area (Å²) in [4.78, 5) is 33.0. The minimum atomic E-state index is 0.0691. The van der Waals surface area contributed by atoms with E-state index in [0.29, 0.717) is 32.6 Å². The van der Waals surface area contributed by atoms with Gasteiger partial charge in [-0.15, -0.1) is 0 Å². The van der Waals surface area contributed by atoms with Gasteiger partial charge in [-0.1, -0.05) is 36.4 Å². The first-order valence-corrected chi connectivity index (χ1v) is 9.59. The van der Waals surface area contributed by atoms with Crippen LogP contribution in [-0.2, 0) is 22.4 Å². The van der Waals surface area contributed by atoms with Gasteiger partial charge in [0.2, 0.25) is 11.8 Å². The van der Waals surface area contributed by atoms with E-state index in [1.54, 1.807) is 13.1 Å². The molecule has 1 aromatic carbocycles. The molecule has 1 aromatic heterocycles. The Morgan fingerprint density at radius 3 is 2.41 bits per heavy atom. The highest BCUT2D eigenvalue weighted by molar-refractivity contribution is 5.77. The Balaban J connectivity index is 1.65. The fourth-order valence-electron chi connectivity index (χ4n) is 3.62. The van der Waals surface area contributed by atoms with Crippen molar-refractivity contribution in [3.63, 3.8) is 0 Å². The van der Waals surface area contributed by atoms with Gasteiger partial charge in [0, 0.05) is 51.4 Å². The second-order valence-electron chi connectivity index (χ2n) is 7.18. The van der Waals surface area contributed by atoms with Crippen molar-refractivity contribution in [2.24, 2.45) is 5.92 Å². The second kappa shape index (κ2) is 9.31. The Bertz CT molecular complexity index is 749. The highest BCUT2D eigenvalue weighted by Crippen LogP contribution is 2.16. The van der Waals surface area contributed by atoms with Crippen LogP contribution in [0.4, 0.5) is 0 Å². The third-order valence-corrected chi connectivity index (χ3v) is 5.09. The minimum absolute atomic E-state index is 0.0691. The summed E-state index contributed by atoms with van der Waals surface area (Å²) in [5.41, 5.74) is 2.18. The molecule has 5 nitrogen and oxygen atoms in total. The molecule has 2 heterocycles. The number of carbonyl (C=O) groups is 2. The zero-order valence-electron chi connectivity index (χ0n) is 15.9. The van der Waals surface area contributed by atoms with Crippen LogP contribution in [0.3, 0.4) is 0 Å². The summed E-state index contributed by atoms with van der Waals surface area (Å²) in [5.74, 6) is 0.432. The molecule has 1 atom stereocenters. The summed E-state index contributed by atoms with van der Waals surface area (Å²) in [6, 6.07) is 16.0. The molecule has 27 heavy (non-hydrogen) atoms. The van der Waals surface area contributed by atoms with Crippen molar-refractivity contribution in [3.8, 4) is 0 Å².